The Morgan fingerprint density at radius 3 is 2.93 bits per heavy atom. The fraction of sp³-hybridized carbons (Fsp3) is 0.150. The van der Waals surface area contributed by atoms with Crippen LogP contribution < -0.4 is 10.6 Å². The summed E-state index contributed by atoms with van der Waals surface area (Å²) in [6, 6.07) is 11.5. The molecule has 3 aromatic rings. The molecule has 7 heteroatoms. The number of carbonyl (C=O) groups excluding carboxylic acids is 2. The third kappa shape index (κ3) is 3.57. The molecule has 4 rings (SSSR count). The molecule has 0 spiro atoms. The van der Waals surface area contributed by atoms with Crippen LogP contribution in [0.25, 0.3) is 11.3 Å². The first-order chi connectivity index (χ1) is 13.1. The van der Waals surface area contributed by atoms with Gasteiger partial charge in [-0.05, 0) is 29.8 Å². The van der Waals surface area contributed by atoms with E-state index in [1.807, 2.05) is 6.07 Å². The molecule has 0 saturated heterocycles. The fourth-order valence-corrected chi connectivity index (χ4v) is 2.95. The summed E-state index contributed by atoms with van der Waals surface area (Å²) in [5, 5.41) is 5.49. The van der Waals surface area contributed by atoms with E-state index in [-0.39, 0.29) is 24.7 Å². The van der Waals surface area contributed by atoms with E-state index >= 15 is 0 Å². The number of aryl methyl sites for hydroxylation is 1. The normalized spacial score (nSPS) is 12.6. The lowest BCUT2D eigenvalue weighted by Gasteiger charge is -2.06. The van der Waals surface area contributed by atoms with E-state index < -0.39 is 5.82 Å². The van der Waals surface area contributed by atoms with Gasteiger partial charge in [-0.2, -0.15) is 0 Å². The summed E-state index contributed by atoms with van der Waals surface area (Å²) in [5.74, 6) is -0.0657. The monoisotopic (exact) mass is 365 g/mol. The fourth-order valence-electron chi connectivity index (χ4n) is 2.95. The average Bonchev–Trinajstić information content (AvgIpc) is 3.28. The maximum absolute atomic E-state index is 13.8. The number of nitrogens with zero attached hydrogens (tertiary/aromatic N) is 1. The van der Waals surface area contributed by atoms with Crippen molar-refractivity contribution in [2.24, 2.45) is 0 Å². The van der Waals surface area contributed by atoms with Gasteiger partial charge in [0.1, 0.15) is 5.82 Å². The van der Waals surface area contributed by atoms with Crippen molar-refractivity contribution in [3.63, 3.8) is 0 Å². The van der Waals surface area contributed by atoms with Crippen LogP contribution in [0.1, 0.15) is 28.2 Å². The molecule has 1 aliphatic rings. The molecule has 0 fully saturated rings. The molecule has 6 nitrogen and oxygen atoms in total. The molecule has 136 valence electrons. The van der Waals surface area contributed by atoms with Crippen LogP contribution in [0.5, 0.6) is 0 Å². The van der Waals surface area contributed by atoms with Gasteiger partial charge in [-0.3, -0.25) is 9.59 Å². The molecule has 0 radical (unpaired) electrons. The Labute approximate surface area is 154 Å². The van der Waals surface area contributed by atoms with E-state index in [0.29, 0.717) is 35.0 Å². The Hall–Kier alpha value is -3.48. The first kappa shape index (κ1) is 17.0. The third-order valence-electron chi connectivity index (χ3n) is 4.34. The summed E-state index contributed by atoms with van der Waals surface area (Å²) >= 11 is 0. The number of aromatic nitrogens is 1. The van der Waals surface area contributed by atoms with Gasteiger partial charge in [0.2, 0.25) is 5.91 Å². The highest BCUT2D eigenvalue weighted by molar-refractivity contribution is 6.00. The van der Waals surface area contributed by atoms with Gasteiger partial charge >= 0.3 is 0 Å². The zero-order valence-corrected chi connectivity index (χ0v) is 14.3. The van der Waals surface area contributed by atoms with Crippen LogP contribution in [0.15, 0.2) is 53.1 Å². The Kier molecular flexibility index (Phi) is 4.42. The number of oxazole rings is 1. The van der Waals surface area contributed by atoms with Gasteiger partial charge in [0.25, 0.3) is 5.91 Å². The third-order valence-corrected chi connectivity index (χ3v) is 4.34. The van der Waals surface area contributed by atoms with Gasteiger partial charge in [-0.15, -0.1) is 0 Å². The molecule has 2 N–H and O–H groups in total. The second-order valence-corrected chi connectivity index (χ2v) is 6.20. The molecule has 27 heavy (non-hydrogen) atoms. The standard InChI is InChI=1S/C20H16FN3O3/c21-16-4-2-1-3-14(16)17-11-22-19(27-17)8-7-18(25)24-13-6-5-12-10-23-20(26)15(12)9-13/h1-6,9,11H,7-8,10H2,(H,23,26)(H,24,25). The summed E-state index contributed by atoms with van der Waals surface area (Å²) in [6.45, 7) is 0.511. The van der Waals surface area contributed by atoms with Crippen LogP contribution in [0, 0.1) is 5.82 Å². The van der Waals surface area contributed by atoms with E-state index in [9.17, 15) is 14.0 Å². The van der Waals surface area contributed by atoms with Crippen molar-refractivity contribution in [2.45, 2.75) is 19.4 Å². The van der Waals surface area contributed by atoms with E-state index in [4.69, 9.17) is 4.42 Å². The SMILES string of the molecule is O=C(CCc1ncc(-c2ccccc2F)o1)Nc1ccc2c(c1)C(=O)NC2. The molecule has 2 amide bonds. The molecule has 0 bridgehead atoms. The van der Waals surface area contributed by atoms with Crippen molar-refractivity contribution in [1.82, 2.24) is 10.3 Å². The second kappa shape index (κ2) is 7.03. The molecule has 2 heterocycles. The average molecular weight is 365 g/mol. The molecule has 1 aliphatic heterocycles. The van der Waals surface area contributed by atoms with E-state index in [1.54, 1.807) is 30.3 Å². The first-order valence-electron chi connectivity index (χ1n) is 8.51. The van der Waals surface area contributed by atoms with Crippen LogP contribution in [0.2, 0.25) is 0 Å². The van der Waals surface area contributed by atoms with Gasteiger partial charge in [0, 0.05) is 30.6 Å². The zero-order chi connectivity index (χ0) is 18.8. The van der Waals surface area contributed by atoms with Crippen LogP contribution in [-0.4, -0.2) is 16.8 Å². The second-order valence-electron chi connectivity index (χ2n) is 6.20. The summed E-state index contributed by atoms with van der Waals surface area (Å²) in [7, 11) is 0. The topological polar surface area (TPSA) is 84.2 Å². The van der Waals surface area contributed by atoms with Gasteiger partial charge in [-0.25, -0.2) is 9.37 Å². The number of carbonyl (C=O) groups is 2. The minimum Gasteiger partial charge on any atom is -0.441 e. The zero-order valence-electron chi connectivity index (χ0n) is 14.3. The van der Waals surface area contributed by atoms with E-state index in [0.717, 1.165) is 5.56 Å². The van der Waals surface area contributed by atoms with Gasteiger partial charge in [0.05, 0.1) is 11.8 Å². The highest BCUT2D eigenvalue weighted by Crippen LogP contribution is 2.24. The number of amides is 2. The molecular formula is C20H16FN3O3. The number of hydrogen-bond acceptors (Lipinski definition) is 4. The van der Waals surface area contributed by atoms with Crippen molar-refractivity contribution in [3.05, 3.63) is 71.5 Å². The van der Waals surface area contributed by atoms with Crippen molar-refractivity contribution in [3.8, 4) is 11.3 Å². The van der Waals surface area contributed by atoms with Gasteiger partial charge in [0.15, 0.2) is 11.7 Å². The molecule has 0 atom stereocenters. The predicted octanol–water partition coefficient (Wildman–Crippen LogP) is 3.30. The van der Waals surface area contributed by atoms with Gasteiger partial charge < -0.3 is 15.1 Å². The summed E-state index contributed by atoms with van der Waals surface area (Å²) in [4.78, 5) is 27.9. The summed E-state index contributed by atoms with van der Waals surface area (Å²) < 4.78 is 19.3. The lowest BCUT2D eigenvalue weighted by Crippen LogP contribution is -2.14. The molecule has 1 aromatic heterocycles. The number of halogens is 1. The maximum Gasteiger partial charge on any atom is 0.251 e. The van der Waals surface area contributed by atoms with E-state index in [2.05, 4.69) is 15.6 Å². The van der Waals surface area contributed by atoms with Crippen LogP contribution in [0.4, 0.5) is 10.1 Å². The number of rotatable bonds is 5. The minimum absolute atomic E-state index is 0.137. The van der Waals surface area contributed by atoms with Crippen molar-refractivity contribution in [1.29, 1.82) is 0 Å². The van der Waals surface area contributed by atoms with E-state index in [1.165, 1.54) is 12.3 Å². The largest absolute Gasteiger partial charge is 0.441 e. The van der Waals surface area contributed by atoms with Crippen molar-refractivity contribution >= 4 is 17.5 Å². The van der Waals surface area contributed by atoms with Gasteiger partial charge in [-0.1, -0.05) is 18.2 Å². The smallest absolute Gasteiger partial charge is 0.251 e. The minimum atomic E-state index is -0.390. The highest BCUT2D eigenvalue weighted by atomic mass is 19.1. The number of fused-ring (bicyclic) bond motifs is 1. The maximum atomic E-state index is 13.8. The number of anilines is 1. The number of nitrogens with one attached hydrogen (secondary N) is 2. The number of benzene rings is 2. The lowest BCUT2D eigenvalue weighted by atomic mass is 10.1. The molecular weight excluding hydrogens is 349 g/mol. The Balaban J connectivity index is 1.37. The van der Waals surface area contributed by atoms with Crippen molar-refractivity contribution < 1.29 is 18.4 Å². The Morgan fingerprint density at radius 2 is 2.07 bits per heavy atom. The molecule has 0 saturated carbocycles. The van der Waals surface area contributed by atoms with Crippen molar-refractivity contribution in [2.75, 3.05) is 5.32 Å². The van der Waals surface area contributed by atoms with Crippen LogP contribution in [0.3, 0.4) is 0 Å². The highest BCUT2D eigenvalue weighted by Gasteiger charge is 2.19. The molecule has 2 aromatic carbocycles. The van der Waals surface area contributed by atoms with Crippen LogP contribution >= 0.6 is 0 Å². The Bertz CT molecular complexity index is 1030. The summed E-state index contributed by atoms with van der Waals surface area (Å²) in [6.07, 6.45) is 1.89. The quantitative estimate of drug-likeness (QED) is 0.727. The molecule has 0 aliphatic carbocycles. The summed E-state index contributed by atoms with van der Waals surface area (Å²) in [5.41, 5.74) is 2.39. The molecule has 0 unspecified atom stereocenters. The number of hydrogen-bond donors (Lipinski definition) is 2. The lowest BCUT2D eigenvalue weighted by molar-refractivity contribution is -0.116. The predicted molar refractivity (Wildman–Crippen MR) is 96.5 cm³/mol. The Morgan fingerprint density at radius 1 is 1.22 bits per heavy atom. The van der Waals surface area contributed by atoms with Crippen LogP contribution in [-0.2, 0) is 17.8 Å². The first-order valence-corrected chi connectivity index (χ1v) is 8.51.